The summed E-state index contributed by atoms with van der Waals surface area (Å²) < 4.78 is 16.2. The molecule has 34 heavy (non-hydrogen) atoms. The van der Waals surface area contributed by atoms with Crippen LogP contribution in [0.1, 0.15) is 48.5 Å². The fourth-order valence-electron chi connectivity index (χ4n) is 3.50. The van der Waals surface area contributed by atoms with Crippen LogP contribution in [-0.4, -0.2) is 55.9 Å². The first-order valence-electron chi connectivity index (χ1n) is 11.1. The third kappa shape index (κ3) is 7.06. The molecule has 9 nitrogen and oxygen atoms in total. The number of benzene rings is 2. The highest BCUT2D eigenvalue weighted by Crippen LogP contribution is 2.32. The molecule has 2 amide bonds. The molecule has 0 atom stereocenters. The minimum atomic E-state index is -0.535. The van der Waals surface area contributed by atoms with Crippen molar-refractivity contribution in [3.63, 3.8) is 0 Å². The Labute approximate surface area is 198 Å². The smallest absolute Gasteiger partial charge is 0.303 e. The van der Waals surface area contributed by atoms with Crippen molar-refractivity contribution in [1.29, 1.82) is 0 Å². The summed E-state index contributed by atoms with van der Waals surface area (Å²) in [5.41, 5.74) is 1.66. The first-order valence-corrected chi connectivity index (χ1v) is 11.1. The average Bonchev–Trinajstić information content (AvgIpc) is 3.34. The van der Waals surface area contributed by atoms with Gasteiger partial charge in [-0.1, -0.05) is 0 Å². The van der Waals surface area contributed by atoms with Gasteiger partial charge in [-0.2, -0.15) is 5.10 Å². The van der Waals surface area contributed by atoms with E-state index in [0.29, 0.717) is 22.7 Å². The Morgan fingerprint density at radius 3 is 2.44 bits per heavy atom. The molecule has 0 saturated heterocycles. The minimum absolute atomic E-state index is 0.194. The zero-order valence-electron chi connectivity index (χ0n) is 19.6. The number of nitrogens with zero attached hydrogens (tertiary/aromatic N) is 2. The van der Waals surface area contributed by atoms with Crippen molar-refractivity contribution in [2.45, 2.75) is 38.7 Å². The number of anilines is 1. The van der Waals surface area contributed by atoms with Crippen molar-refractivity contribution >= 4 is 29.7 Å². The fraction of sp³-hybridized carbons (Fsp3) is 0.360. The highest BCUT2D eigenvalue weighted by atomic mass is 16.5. The molecule has 1 fully saturated rings. The molecule has 2 aromatic rings. The number of carbonyl (C=O) groups is 3. The number of nitrogens with one attached hydrogen (secondary N) is 1. The van der Waals surface area contributed by atoms with Gasteiger partial charge >= 0.3 is 5.97 Å². The second kappa shape index (κ2) is 11.8. The quantitative estimate of drug-likeness (QED) is 0.343. The average molecular weight is 468 g/mol. The Morgan fingerprint density at radius 1 is 1.09 bits per heavy atom. The molecule has 9 heteroatoms. The minimum Gasteiger partial charge on any atom is -0.493 e. The van der Waals surface area contributed by atoms with Crippen LogP contribution in [0.25, 0.3) is 0 Å². The number of ether oxygens (including phenoxy) is 3. The molecule has 3 rings (SSSR count). The highest BCUT2D eigenvalue weighted by molar-refractivity contribution is 5.96. The Balaban J connectivity index is 1.60. The van der Waals surface area contributed by atoms with Crippen molar-refractivity contribution in [3.8, 4) is 11.5 Å². The van der Waals surface area contributed by atoms with E-state index >= 15 is 0 Å². The lowest BCUT2D eigenvalue weighted by molar-refractivity contribution is -0.144. The van der Waals surface area contributed by atoms with Gasteiger partial charge in [0.15, 0.2) is 18.1 Å². The predicted octanol–water partition coefficient (Wildman–Crippen LogP) is 3.62. The van der Waals surface area contributed by atoms with Crippen LogP contribution in [0, 0.1) is 0 Å². The number of amides is 2. The van der Waals surface area contributed by atoms with Crippen molar-refractivity contribution in [1.82, 2.24) is 5.01 Å². The van der Waals surface area contributed by atoms with Gasteiger partial charge < -0.3 is 19.5 Å². The highest BCUT2D eigenvalue weighted by Gasteiger charge is 2.18. The van der Waals surface area contributed by atoms with Gasteiger partial charge in [-0.3, -0.25) is 14.4 Å². The van der Waals surface area contributed by atoms with Gasteiger partial charge in [-0.25, -0.2) is 5.01 Å². The van der Waals surface area contributed by atoms with E-state index < -0.39 is 11.9 Å². The lowest BCUT2D eigenvalue weighted by atomic mass is 10.2. The molecule has 0 aromatic heterocycles. The number of methoxy groups -OCH3 is 1. The van der Waals surface area contributed by atoms with Gasteiger partial charge in [-0.05, 0) is 73.7 Å². The summed E-state index contributed by atoms with van der Waals surface area (Å²) in [5.74, 6) is 0.0100. The lowest BCUT2D eigenvalue weighted by Gasteiger charge is -2.16. The molecular weight excluding hydrogens is 438 g/mol. The normalized spacial score (nSPS) is 13.5. The second-order valence-corrected chi connectivity index (χ2v) is 7.91. The van der Waals surface area contributed by atoms with Crippen LogP contribution in [0.5, 0.6) is 11.5 Å². The molecular formula is C25H29N3O6. The van der Waals surface area contributed by atoms with E-state index in [1.165, 1.54) is 24.8 Å². The number of hydrogen-bond acceptors (Lipinski definition) is 7. The molecule has 0 radical (unpaired) electrons. The van der Waals surface area contributed by atoms with E-state index in [1.54, 1.807) is 44.6 Å². The molecule has 1 aliphatic rings. The maximum Gasteiger partial charge on any atom is 0.303 e. The monoisotopic (exact) mass is 467 g/mol. The van der Waals surface area contributed by atoms with E-state index in [9.17, 15) is 14.4 Å². The van der Waals surface area contributed by atoms with Crippen LogP contribution < -0.4 is 14.8 Å². The van der Waals surface area contributed by atoms with Gasteiger partial charge in [0.2, 0.25) is 0 Å². The Kier molecular flexibility index (Phi) is 8.61. The molecule has 1 saturated carbocycles. The Hall–Kier alpha value is -3.88. The van der Waals surface area contributed by atoms with Crippen LogP contribution in [0.15, 0.2) is 47.6 Å². The maximum absolute atomic E-state index is 12.7. The number of hydrogen-bond donors (Lipinski definition) is 1. The second-order valence-electron chi connectivity index (χ2n) is 7.91. The fourth-order valence-corrected chi connectivity index (χ4v) is 3.50. The van der Waals surface area contributed by atoms with Crippen molar-refractivity contribution in [3.05, 3.63) is 53.6 Å². The third-order valence-electron chi connectivity index (χ3n) is 5.28. The van der Waals surface area contributed by atoms with E-state index in [0.717, 1.165) is 18.4 Å². The van der Waals surface area contributed by atoms with Crippen LogP contribution in [-0.2, 0) is 14.3 Å². The Bertz CT molecular complexity index is 1050. The molecule has 180 valence electrons. The van der Waals surface area contributed by atoms with Crippen molar-refractivity contribution < 1.29 is 28.6 Å². The van der Waals surface area contributed by atoms with Gasteiger partial charge in [-0.15, -0.1) is 0 Å². The summed E-state index contributed by atoms with van der Waals surface area (Å²) in [7, 11) is 3.17. The zero-order valence-corrected chi connectivity index (χ0v) is 19.6. The maximum atomic E-state index is 12.7. The third-order valence-corrected chi connectivity index (χ3v) is 5.28. The van der Waals surface area contributed by atoms with E-state index in [2.05, 4.69) is 15.2 Å². The SMILES string of the molecule is COc1ccc(C=NN(C)C(=O)c2ccc(NC(=O)COC(C)=O)cc2)cc1OC1CCCC1. The summed E-state index contributed by atoms with van der Waals surface area (Å²) in [5, 5.41) is 8.07. The van der Waals surface area contributed by atoms with E-state index in [-0.39, 0.29) is 18.6 Å². The molecule has 0 aliphatic heterocycles. The molecule has 0 unspecified atom stereocenters. The van der Waals surface area contributed by atoms with Gasteiger partial charge in [0.05, 0.1) is 19.4 Å². The molecule has 0 heterocycles. The van der Waals surface area contributed by atoms with E-state index in [4.69, 9.17) is 9.47 Å². The predicted molar refractivity (Wildman–Crippen MR) is 127 cm³/mol. The van der Waals surface area contributed by atoms with Crippen LogP contribution in [0.4, 0.5) is 5.69 Å². The van der Waals surface area contributed by atoms with Gasteiger partial charge in [0.1, 0.15) is 0 Å². The standard InChI is InChI=1S/C25H29N3O6/c1-17(29)33-16-24(30)27-20-11-9-19(10-12-20)25(31)28(2)26-15-18-8-13-22(32-3)23(14-18)34-21-6-4-5-7-21/h8-15,21H,4-7,16H2,1-3H3,(H,27,30). The van der Waals surface area contributed by atoms with Crippen molar-refractivity contribution in [2.24, 2.45) is 5.10 Å². The number of carbonyl (C=O) groups excluding carboxylic acids is 3. The summed E-state index contributed by atoms with van der Waals surface area (Å²) >= 11 is 0. The van der Waals surface area contributed by atoms with E-state index in [1.807, 2.05) is 18.2 Å². The molecule has 0 bridgehead atoms. The summed E-state index contributed by atoms with van der Waals surface area (Å²) in [4.78, 5) is 35.2. The van der Waals surface area contributed by atoms with Crippen LogP contribution in [0.2, 0.25) is 0 Å². The number of esters is 1. The summed E-state index contributed by atoms with van der Waals surface area (Å²) in [6.45, 7) is 0.858. The molecule has 1 N–H and O–H groups in total. The largest absolute Gasteiger partial charge is 0.493 e. The summed E-state index contributed by atoms with van der Waals surface area (Å²) in [6, 6.07) is 11.9. The van der Waals surface area contributed by atoms with Crippen LogP contribution in [0.3, 0.4) is 0 Å². The van der Waals surface area contributed by atoms with Crippen LogP contribution >= 0.6 is 0 Å². The first-order chi connectivity index (χ1) is 16.4. The molecule has 2 aromatic carbocycles. The lowest BCUT2D eigenvalue weighted by Crippen LogP contribution is -2.22. The number of rotatable bonds is 9. The van der Waals surface area contributed by atoms with Gasteiger partial charge in [0, 0.05) is 25.2 Å². The Morgan fingerprint density at radius 2 is 1.79 bits per heavy atom. The zero-order chi connectivity index (χ0) is 24.5. The molecule has 1 aliphatic carbocycles. The topological polar surface area (TPSA) is 107 Å². The first kappa shape index (κ1) is 24.8. The van der Waals surface area contributed by atoms with Crippen molar-refractivity contribution in [2.75, 3.05) is 26.1 Å². The summed E-state index contributed by atoms with van der Waals surface area (Å²) in [6.07, 6.45) is 6.19. The van der Waals surface area contributed by atoms with Gasteiger partial charge in [0.25, 0.3) is 11.8 Å². The number of hydrazone groups is 1. The molecule has 0 spiro atoms.